The Kier molecular flexibility index (Phi) is 8.93. The number of fused-ring (bicyclic) bond motifs is 1. The molecule has 2 fully saturated rings. The van der Waals surface area contributed by atoms with Gasteiger partial charge in [0.2, 0.25) is 0 Å². The van der Waals surface area contributed by atoms with Crippen LogP contribution in [0.1, 0.15) is 51.5 Å². The van der Waals surface area contributed by atoms with Crippen LogP contribution in [-0.2, 0) is 23.4 Å². The van der Waals surface area contributed by atoms with Gasteiger partial charge >= 0.3 is 5.97 Å². The molecule has 0 amide bonds. The minimum absolute atomic E-state index is 0.0764. The SMILES string of the molecule is COCOc1ccc([C@@H]2C[C@H]3[C@@H](CO[Si](C)(C)C(C)(C)C)CC[C@@H](OC)[C@@]3(C(=O)OC)[C@@H]2C#N)cc1. The number of nitriles is 1. The Morgan fingerprint density at radius 3 is 2.33 bits per heavy atom. The Morgan fingerprint density at radius 1 is 1.14 bits per heavy atom. The lowest BCUT2D eigenvalue weighted by Crippen LogP contribution is -2.57. The molecule has 0 bridgehead atoms. The summed E-state index contributed by atoms with van der Waals surface area (Å²) in [7, 11) is 2.66. The summed E-state index contributed by atoms with van der Waals surface area (Å²) in [4.78, 5) is 13.6. The average molecular weight is 518 g/mol. The lowest BCUT2D eigenvalue weighted by Gasteiger charge is -2.48. The first-order valence-corrected chi connectivity index (χ1v) is 15.7. The van der Waals surface area contributed by atoms with E-state index >= 15 is 0 Å². The molecule has 0 aromatic heterocycles. The van der Waals surface area contributed by atoms with Crippen molar-refractivity contribution in [1.29, 1.82) is 5.26 Å². The second-order valence-electron chi connectivity index (χ2n) is 11.7. The second-order valence-corrected chi connectivity index (χ2v) is 16.5. The first-order chi connectivity index (χ1) is 17.0. The molecule has 0 radical (unpaired) electrons. The van der Waals surface area contributed by atoms with Gasteiger partial charge in [0, 0.05) is 26.7 Å². The minimum Gasteiger partial charge on any atom is -0.468 e. The van der Waals surface area contributed by atoms with Gasteiger partial charge in [-0.2, -0.15) is 5.26 Å². The first-order valence-electron chi connectivity index (χ1n) is 12.8. The number of hydrogen-bond acceptors (Lipinski definition) is 7. The average Bonchev–Trinajstić information content (AvgIpc) is 3.21. The molecule has 0 heterocycles. The Morgan fingerprint density at radius 2 is 1.81 bits per heavy atom. The lowest BCUT2D eigenvalue weighted by molar-refractivity contribution is -0.180. The number of benzene rings is 1. The number of ether oxygens (including phenoxy) is 4. The molecule has 1 aromatic carbocycles. The number of carbonyl (C=O) groups is 1. The van der Waals surface area contributed by atoms with Crippen LogP contribution in [0.4, 0.5) is 0 Å². The highest BCUT2D eigenvalue weighted by atomic mass is 28.4. The van der Waals surface area contributed by atoms with Crippen molar-refractivity contribution >= 4 is 14.3 Å². The quantitative estimate of drug-likeness (QED) is 0.242. The fourth-order valence-corrected chi connectivity index (χ4v) is 7.15. The summed E-state index contributed by atoms with van der Waals surface area (Å²) in [5, 5.41) is 10.6. The van der Waals surface area contributed by atoms with Crippen molar-refractivity contribution in [3.63, 3.8) is 0 Å². The van der Waals surface area contributed by atoms with Gasteiger partial charge in [-0.1, -0.05) is 32.9 Å². The molecule has 1 aromatic rings. The molecular weight excluding hydrogens is 474 g/mol. The van der Waals surface area contributed by atoms with E-state index in [-0.39, 0.29) is 41.7 Å². The van der Waals surface area contributed by atoms with E-state index in [0.717, 1.165) is 12.0 Å². The molecule has 2 aliphatic carbocycles. The standard InChI is InChI=1S/C28H43NO6Si/c1-27(2,3)36(7,8)35-17-20-11-14-25(32-5)28(26(30)33-6)23(20)15-22(24(28)16-29)19-9-12-21(13-10-19)34-18-31-4/h9-10,12-13,20,22-25H,11,14-15,17-18H2,1-8H3/t20-,22+,23+,24-,25-,28+/m1/s1. The first kappa shape index (κ1) is 28.6. The molecule has 36 heavy (non-hydrogen) atoms. The molecule has 0 aliphatic heterocycles. The fourth-order valence-electron chi connectivity index (χ4n) is 6.09. The lowest BCUT2D eigenvalue weighted by atomic mass is 9.58. The third kappa shape index (κ3) is 5.08. The molecule has 7 nitrogen and oxygen atoms in total. The third-order valence-electron chi connectivity index (χ3n) is 9.02. The molecule has 0 saturated heterocycles. The van der Waals surface area contributed by atoms with Crippen molar-refractivity contribution in [2.75, 3.05) is 34.7 Å². The molecule has 0 N–H and O–H groups in total. The van der Waals surface area contributed by atoms with E-state index in [9.17, 15) is 10.1 Å². The van der Waals surface area contributed by atoms with Crippen LogP contribution in [0.25, 0.3) is 0 Å². The largest absolute Gasteiger partial charge is 0.468 e. The molecular formula is C28H43NO6Si. The Balaban J connectivity index is 2.00. The summed E-state index contributed by atoms with van der Waals surface area (Å²) >= 11 is 0. The van der Waals surface area contributed by atoms with E-state index in [1.807, 2.05) is 24.3 Å². The molecule has 2 saturated carbocycles. The number of methoxy groups -OCH3 is 3. The van der Waals surface area contributed by atoms with Gasteiger partial charge in [-0.25, -0.2) is 0 Å². The number of esters is 1. The van der Waals surface area contributed by atoms with E-state index in [1.54, 1.807) is 14.2 Å². The molecule has 2 aliphatic rings. The van der Waals surface area contributed by atoms with Crippen molar-refractivity contribution in [3.05, 3.63) is 29.8 Å². The second kappa shape index (κ2) is 11.2. The maximum Gasteiger partial charge on any atom is 0.316 e. The molecule has 0 unspecified atom stereocenters. The third-order valence-corrected chi connectivity index (χ3v) is 13.5. The number of rotatable bonds is 9. The van der Waals surface area contributed by atoms with Gasteiger partial charge in [0.05, 0.1) is 25.2 Å². The van der Waals surface area contributed by atoms with E-state index in [0.29, 0.717) is 25.2 Å². The summed E-state index contributed by atoms with van der Waals surface area (Å²) in [6.07, 6.45) is 1.92. The maximum atomic E-state index is 13.6. The van der Waals surface area contributed by atoms with Gasteiger partial charge in [0.1, 0.15) is 11.2 Å². The summed E-state index contributed by atoms with van der Waals surface area (Å²) < 4.78 is 28.6. The van der Waals surface area contributed by atoms with Gasteiger partial charge in [0.25, 0.3) is 0 Å². The van der Waals surface area contributed by atoms with Crippen molar-refractivity contribution in [2.45, 2.75) is 70.2 Å². The smallest absolute Gasteiger partial charge is 0.316 e. The minimum atomic E-state index is -1.98. The van der Waals surface area contributed by atoms with Crippen LogP contribution in [0.15, 0.2) is 24.3 Å². The van der Waals surface area contributed by atoms with Crippen LogP contribution in [-0.4, -0.2) is 55.1 Å². The van der Waals surface area contributed by atoms with Crippen molar-refractivity contribution in [2.24, 2.45) is 23.2 Å². The zero-order chi connectivity index (χ0) is 26.7. The van der Waals surface area contributed by atoms with Gasteiger partial charge in [-0.05, 0) is 66.9 Å². The number of carbonyl (C=O) groups excluding carboxylic acids is 1. The van der Waals surface area contributed by atoms with Crippen molar-refractivity contribution < 1.29 is 28.2 Å². The highest BCUT2D eigenvalue weighted by molar-refractivity contribution is 6.74. The zero-order valence-electron chi connectivity index (χ0n) is 23.1. The molecule has 6 atom stereocenters. The predicted molar refractivity (Wildman–Crippen MR) is 140 cm³/mol. The molecule has 8 heteroatoms. The fraction of sp³-hybridized carbons (Fsp3) is 0.714. The van der Waals surface area contributed by atoms with Gasteiger partial charge in [0.15, 0.2) is 15.1 Å². The normalized spacial score (nSPS) is 30.4. The van der Waals surface area contributed by atoms with Crippen molar-refractivity contribution in [3.8, 4) is 11.8 Å². The van der Waals surface area contributed by atoms with Gasteiger partial charge in [-0.15, -0.1) is 0 Å². The highest BCUT2D eigenvalue weighted by Crippen LogP contribution is 2.63. The highest BCUT2D eigenvalue weighted by Gasteiger charge is 2.68. The summed E-state index contributed by atoms with van der Waals surface area (Å²) in [5.41, 5.74) is -0.0173. The van der Waals surface area contributed by atoms with Crippen LogP contribution in [0.2, 0.25) is 18.1 Å². The van der Waals surface area contributed by atoms with Crippen LogP contribution in [0, 0.1) is 34.5 Å². The Labute approximate surface area is 217 Å². The molecule has 0 spiro atoms. The monoisotopic (exact) mass is 517 g/mol. The van der Waals surface area contributed by atoms with Gasteiger partial charge < -0.3 is 23.4 Å². The Hall–Kier alpha value is -1.92. The number of nitrogens with zero attached hydrogens (tertiary/aromatic N) is 1. The van der Waals surface area contributed by atoms with Crippen LogP contribution < -0.4 is 4.74 Å². The summed E-state index contributed by atoms with van der Waals surface area (Å²) in [6, 6.07) is 10.3. The van der Waals surface area contributed by atoms with E-state index in [2.05, 4.69) is 39.9 Å². The van der Waals surface area contributed by atoms with Crippen LogP contribution in [0.3, 0.4) is 0 Å². The van der Waals surface area contributed by atoms with Crippen LogP contribution >= 0.6 is 0 Å². The van der Waals surface area contributed by atoms with E-state index in [4.69, 9.17) is 23.4 Å². The zero-order valence-corrected chi connectivity index (χ0v) is 24.1. The molecule has 200 valence electrons. The predicted octanol–water partition coefficient (Wildman–Crippen LogP) is 5.52. The van der Waals surface area contributed by atoms with Gasteiger partial charge in [-0.3, -0.25) is 4.79 Å². The Bertz CT molecular complexity index is 937. The van der Waals surface area contributed by atoms with Crippen molar-refractivity contribution in [1.82, 2.24) is 0 Å². The van der Waals surface area contributed by atoms with E-state index in [1.165, 1.54) is 7.11 Å². The topological polar surface area (TPSA) is 87.0 Å². The maximum absolute atomic E-state index is 13.6. The molecule has 3 rings (SSSR count). The summed E-state index contributed by atoms with van der Waals surface area (Å²) in [6.45, 7) is 12.0. The van der Waals surface area contributed by atoms with E-state index < -0.39 is 19.7 Å². The number of hydrogen-bond donors (Lipinski definition) is 0. The summed E-state index contributed by atoms with van der Waals surface area (Å²) in [5.74, 6) is -0.265. The van der Waals surface area contributed by atoms with Crippen LogP contribution in [0.5, 0.6) is 5.75 Å².